The van der Waals surface area contributed by atoms with Gasteiger partial charge in [-0.15, -0.1) is 0 Å². The van der Waals surface area contributed by atoms with Gasteiger partial charge in [-0.25, -0.2) is 26.8 Å². The largest absolute Gasteiger partial charge is 0.372 e. The van der Waals surface area contributed by atoms with Gasteiger partial charge in [0, 0.05) is 37.6 Å². The molecule has 1 aromatic carbocycles. The summed E-state index contributed by atoms with van der Waals surface area (Å²) in [7, 11) is -7.04. The van der Waals surface area contributed by atoms with Gasteiger partial charge in [0.15, 0.2) is 15.5 Å². The van der Waals surface area contributed by atoms with E-state index in [0.29, 0.717) is 0 Å². The molecule has 1 fully saturated rings. The molecule has 1 aliphatic heterocycles. The number of nitrogens with zero attached hydrogens (tertiary/aromatic N) is 4. The average molecular weight is 515 g/mol. The fraction of sp³-hybridized carbons (Fsp3) is 0.476. The van der Waals surface area contributed by atoms with Gasteiger partial charge in [-0.2, -0.15) is 0 Å². The molecule has 9 nitrogen and oxygen atoms in total. The summed E-state index contributed by atoms with van der Waals surface area (Å²) in [6, 6.07) is 7.12. The molecule has 0 aliphatic carbocycles. The van der Waals surface area contributed by atoms with E-state index in [-0.39, 0.29) is 35.2 Å². The predicted octanol–water partition coefficient (Wildman–Crippen LogP) is 2.21. The van der Waals surface area contributed by atoms with Gasteiger partial charge < -0.3 is 9.80 Å². The molecule has 0 spiro atoms. The zero-order chi connectivity index (χ0) is 24.4. The predicted molar refractivity (Wildman–Crippen MR) is 127 cm³/mol. The van der Waals surface area contributed by atoms with Crippen LogP contribution in [0, 0.1) is 0 Å². The van der Waals surface area contributed by atoms with Crippen LogP contribution >= 0.6 is 11.6 Å². The minimum Gasteiger partial charge on any atom is -0.372 e. The van der Waals surface area contributed by atoms with Crippen LogP contribution in [0.25, 0.3) is 0 Å². The minimum absolute atomic E-state index is 0.0194. The summed E-state index contributed by atoms with van der Waals surface area (Å²) >= 11 is 6.15. The Bertz CT molecular complexity index is 1230. The van der Waals surface area contributed by atoms with Crippen LogP contribution in [-0.4, -0.2) is 74.5 Å². The van der Waals surface area contributed by atoms with E-state index in [0.717, 1.165) is 36.8 Å². The molecule has 180 valence electrons. The highest BCUT2D eigenvalue weighted by atomic mass is 35.5. The fourth-order valence-electron chi connectivity index (χ4n) is 3.80. The van der Waals surface area contributed by atoms with E-state index in [1.165, 1.54) is 4.90 Å². The summed E-state index contributed by atoms with van der Waals surface area (Å²) in [5, 5.41) is -0.618. The SMILES string of the molecule is CCN(CC)c1ccc(CN(C(=O)c2nc(S(C)(=O)=O)ncc2Cl)C2CCS(=O)(=O)C2)cc1. The van der Waals surface area contributed by atoms with Crippen LogP contribution in [0.1, 0.15) is 36.3 Å². The van der Waals surface area contributed by atoms with E-state index in [2.05, 4.69) is 28.7 Å². The molecule has 0 saturated carbocycles. The van der Waals surface area contributed by atoms with E-state index >= 15 is 0 Å². The molecule has 0 radical (unpaired) electrons. The number of benzene rings is 1. The molecule has 3 rings (SSSR count). The lowest BCUT2D eigenvalue weighted by Crippen LogP contribution is -2.41. The summed E-state index contributed by atoms with van der Waals surface area (Å²) in [5.74, 6) is -0.825. The van der Waals surface area contributed by atoms with Crippen molar-refractivity contribution in [1.82, 2.24) is 14.9 Å². The van der Waals surface area contributed by atoms with Crippen LogP contribution in [0.2, 0.25) is 5.02 Å². The monoisotopic (exact) mass is 514 g/mol. The number of hydrogen-bond donors (Lipinski definition) is 0. The lowest BCUT2D eigenvalue weighted by molar-refractivity contribution is 0.0674. The molecule has 1 amide bonds. The van der Waals surface area contributed by atoms with Crippen molar-refractivity contribution < 1.29 is 21.6 Å². The first-order valence-corrected chi connectivity index (χ1v) is 14.6. The van der Waals surface area contributed by atoms with Gasteiger partial charge in [0.2, 0.25) is 15.0 Å². The summed E-state index contributed by atoms with van der Waals surface area (Å²) in [6.07, 6.45) is 2.29. The Kier molecular flexibility index (Phi) is 7.65. The van der Waals surface area contributed by atoms with E-state index in [4.69, 9.17) is 11.6 Å². The molecule has 1 atom stereocenters. The van der Waals surface area contributed by atoms with Crippen LogP contribution in [0.15, 0.2) is 35.6 Å². The highest BCUT2D eigenvalue weighted by molar-refractivity contribution is 7.91. The summed E-state index contributed by atoms with van der Waals surface area (Å²) in [6.45, 7) is 5.97. The third kappa shape index (κ3) is 6.01. The normalized spacial score (nSPS) is 17.6. The smallest absolute Gasteiger partial charge is 0.274 e. The second-order valence-electron chi connectivity index (χ2n) is 7.95. The van der Waals surface area contributed by atoms with Gasteiger partial charge in [0.05, 0.1) is 22.7 Å². The molecule has 1 aliphatic rings. The molecule has 0 N–H and O–H groups in total. The number of amides is 1. The van der Waals surface area contributed by atoms with Gasteiger partial charge in [-0.05, 0) is 38.0 Å². The number of hydrogen-bond acceptors (Lipinski definition) is 8. The Morgan fingerprint density at radius 2 is 1.82 bits per heavy atom. The maximum Gasteiger partial charge on any atom is 0.274 e. The molecular weight excluding hydrogens is 488 g/mol. The number of rotatable bonds is 8. The lowest BCUT2D eigenvalue weighted by Gasteiger charge is -2.29. The number of halogens is 1. The van der Waals surface area contributed by atoms with Gasteiger partial charge in [0.25, 0.3) is 5.91 Å². The molecular formula is C21H27ClN4O5S2. The highest BCUT2D eigenvalue weighted by Gasteiger charge is 2.36. The van der Waals surface area contributed by atoms with Crippen LogP contribution in [-0.2, 0) is 26.2 Å². The third-order valence-corrected chi connectivity index (χ3v) is 8.47. The van der Waals surface area contributed by atoms with Gasteiger partial charge in [-0.3, -0.25) is 4.79 Å². The third-order valence-electron chi connectivity index (χ3n) is 5.58. The van der Waals surface area contributed by atoms with E-state index in [1.807, 2.05) is 24.3 Å². The molecule has 12 heteroatoms. The number of carbonyl (C=O) groups excluding carboxylic acids is 1. The Morgan fingerprint density at radius 3 is 2.33 bits per heavy atom. The second kappa shape index (κ2) is 9.94. The van der Waals surface area contributed by atoms with Crippen molar-refractivity contribution >= 4 is 42.9 Å². The summed E-state index contributed by atoms with van der Waals surface area (Å²) < 4.78 is 48.0. The quantitative estimate of drug-likeness (QED) is 0.492. The average Bonchev–Trinajstić information content (AvgIpc) is 3.12. The fourth-order valence-corrected chi connectivity index (χ4v) is 6.21. The van der Waals surface area contributed by atoms with E-state index < -0.39 is 36.8 Å². The topological polar surface area (TPSA) is 118 Å². The molecule has 1 aromatic heterocycles. The number of aromatic nitrogens is 2. The van der Waals surface area contributed by atoms with Crippen molar-refractivity contribution in [2.75, 3.05) is 35.8 Å². The van der Waals surface area contributed by atoms with Crippen molar-refractivity contribution in [3.8, 4) is 0 Å². The molecule has 2 aromatic rings. The summed E-state index contributed by atoms with van der Waals surface area (Å²) in [5.41, 5.74) is 1.58. The van der Waals surface area contributed by atoms with Crippen molar-refractivity contribution in [3.05, 3.63) is 46.7 Å². The first kappa shape index (κ1) is 25.4. The highest BCUT2D eigenvalue weighted by Crippen LogP contribution is 2.25. The van der Waals surface area contributed by atoms with Gasteiger partial charge in [0.1, 0.15) is 0 Å². The number of carbonyl (C=O) groups is 1. The van der Waals surface area contributed by atoms with Crippen LogP contribution in [0.5, 0.6) is 0 Å². The molecule has 2 heterocycles. The van der Waals surface area contributed by atoms with Crippen LogP contribution < -0.4 is 4.90 Å². The van der Waals surface area contributed by atoms with E-state index in [1.54, 1.807) is 0 Å². The minimum atomic E-state index is -3.77. The Labute approximate surface area is 199 Å². The van der Waals surface area contributed by atoms with Crippen molar-refractivity contribution in [2.45, 2.75) is 38.0 Å². The number of anilines is 1. The number of sulfone groups is 2. The Balaban J connectivity index is 1.97. The zero-order valence-corrected chi connectivity index (χ0v) is 21.1. The molecule has 33 heavy (non-hydrogen) atoms. The standard InChI is InChI=1S/C21H27ClN4O5S2/c1-4-25(5-2)16-8-6-15(7-9-16)13-26(17-10-11-33(30,31)14-17)20(27)19-18(22)12-23-21(24-19)32(3,28)29/h6-9,12,17H,4-5,10-11,13-14H2,1-3H3. The molecule has 0 bridgehead atoms. The van der Waals surface area contributed by atoms with Gasteiger partial charge >= 0.3 is 0 Å². The van der Waals surface area contributed by atoms with Gasteiger partial charge in [-0.1, -0.05) is 23.7 Å². The Hall–Kier alpha value is -2.24. The second-order valence-corrected chi connectivity index (χ2v) is 12.5. The Morgan fingerprint density at radius 1 is 1.18 bits per heavy atom. The van der Waals surface area contributed by atoms with E-state index in [9.17, 15) is 21.6 Å². The van der Waals surface area contributed by atoms with Crippen LogP contribution in [0.4, 0.5) is 5.69 Å². The van der Waals surface area contributed by atoms with Crippen molar-refractivity contribution in [3.63, 3.8) is 0 Å². The maximum atomic E-state index is 13.5. The zero-order valence-electron chi connectivity index (χ0n) is 18.7. The maximum absolute atomic E-state index is 13.5. The molecule has 1 unspecified atom stereocenters. The van der Waals surface area contributed by atoms with Crippen molar-refractivity contribution in [1.29, 1.82) is 0 Å². The van der Waals surface area contributed by atoms with Crippen molar-refractivity contribution in [2.24, 2.45) is 0 Å². The first-order chi connectivity index (χ1) is 15.4. The summed E-state index contributed by atoms with van der Waals surface area (Å²) in [4.78, 5) is 24.7. The molecule has 1 saturated heterocycles. The lowest BCUT2D eigenvalue weighted by atomic mass is 10.1. The first-order valence-electron chi connectivity index (χ1n) is 10.5. The van der Waals surface area contributed by atoms with Crippen LogP contribution in [0.3, 0.4) is 0 Å².